The van der Waals surface area contributed by atoms with Crippen LogP contribution in [-0.2, 0) is 9.53 Å². The molecule has 0 aliphatic rings. The molecular weight excluding hydrogens is 384 g/mol. The predicted molar refractivity (Wildman–Crippen MR) is 114 cm³/mol. The highest BCUT2D eigenvalue weighted by molar-refractivity contribution is 6.00. The molecule has 8 heteroatoms. The predicted octanol–water partition coefficient (Wildman–Crippen LogP) is 3.90. The second-order valence-corrected chi connectivity index (χ2v) is 7.34. The zero-order chi connectivity index (χ0) is 21.8. The number of hydrogen-bond acceptors (Lipinski definition) is 6. The first-order valence-electron chi connectivity index (χ1n) is 9.85. The van der Waals surface area contributed by atoms with Gasteiger partial charge in [0.05, 0.1) is 19.9 Å². The van der Waals surface area contributed by atoms with Gasteiger partial charge in [0, 0.05) is 11.8 Å². The van der Waals surface area contributed by atoms with Crippen LogP contribution in [0.1, 0.15) is 43.1 Å². The van der Waals surface area contributed by atoms with Crippen molar-refractivity contribution in [2.24, 2.45) is 5.92 Å². The summed E-state index contributed by atoms with van der Waals surface area (Å²) in [6, 6.07) is 7.54. The van der Waals surface area contributed by atoms with E-state index in [0.29, 0.717) is 23.5 Å². The maximum absolute atomic E-state index is 12.5. The summed E-state index contributed by atoms with van der Waals surface area (Å²) in [5.74, 6) is 0.713. The first kappa shape index (κ1) is 21.3. The molecule has 1 amide bonds. The number of carbonyl (C=O) groups is 2. The Hall–Kier alpha value is -3.42. The van der Waals surface area contributed by atoms with Gasteiger partial charge in [-0.2, -0.15) is 9.78 Å². The third-order valence-corrected chi connectivity index (χ3v) is 4.55. The molecule has 0 saturated carbocycles. The van der Waals surface area contributed by atoms with Gasteiger partial charge in [-0.15, -0.1) is 0 Å². The van der Waals surface area contributed by atoms with Crippen LogP contribution in [0, 0.1) is 12.8 Å². The van der Waals surface area contributed by atoms with Crippen molar-refractivity contribution in [2.45, 2.75) is 34.1 Å². The molecule has 2 heterocycles. The minimum atomic E-state index is -0.557. The number of nitrogens with one attached hydrogen (secondary N) is 1. The molecule has 30 heavy (non-hydrogen) atoms. The van der Waals surface area contributed by atoms with Crippen molar-refractivity contribution >= 4 is 28.6 Å². The van der Waals surface area contributed by atoms with Gasteiger partial charge in [-0.05, 0) is 37.5 Å². The topological polar surface area (TPSA) is 95.3 Å². The number of benzene rings is 1. The number of ether oxygens (including phenoxy) is 2. The Kier molecular flexibility index (Phi) is 6.34. The Labute approximate surface area is 175 Å². The summed E-state index contributed by atoms with van der Waals surface area (Å²) < 4.78 is 12.0. The monoisotopic (exact) mass is 410 g/mol. The number of para-hydroxylation sites is 1. The summed E-state index contributed by atoms with van der Waals surface area (Å²) in [6.07, 6.45) is 1.69. The average Bonchev–Trinajstić information content (AvgIpc) is 3.10. The van der Waals surface area contributed by atoms with Crippen molar-refractivity contribution in [3.05, 3.63) is 41.6 Å². The van der Waals surface area contributed by atoms with Crippen LogP contribution in [0.3, 0.4) is 0 Å². The number of fused-ring (bicyclic) bond motifs is 1. The molecule has 158 valence electrons. The van der Waals surface area contributed by atoms with Crippen LogP contribution in [0.2, 0.25) is 0 Å². The van der Waals surface area contributed by atoms with Crippen molar-refractivity contribution < 1.29 is 19.1 Å². The highest BCUT2D eigenvalue weighted by Crippen LogP contribution is 2.29. The highest BCUT2D eigenvalue weighted by Gasteiger charge is 2.23. The Morgan fingerprint density at radius 2 is 2.03 bits per heavy atom. The number of hydrogen-bond donors (Lipinski definition) is 1. The van der Waals surface area contributed by atoms with E-state index in [0.717, 1.165) is 10.9 Å². The van der Waals surface area contributed by atoms with Gasteiger partial charge in [-0.3, -0.25) is 4.79 Å². The summed E-state index contributed by atoms with van der Waals surface area (Å²) in [4.78, 5) is 29.6. The average molecular weight is 410 g/mol. The zero-order valence-electron chi connectivity index (χ0n) is 17.9. The van der Waals surface area contributed by atoms with Gasteiger partial charge in [0.15, 0.2) is 11.6 Å². The van der Waals surface area contributed by atoms with Gasteiger partial charge < -0.3 is 14.8 Å². The molecule has 0 fully saturated rings. The molecule has 0 aliphatic carbocycles. The largest absolute Gasteiger partial charge is 0.494 e. The summed E-state index contributed by atoms with van der Waals surface area (Å²) in [6.45, 7) is 7.79. The molecule has 0 radical (unpaired) electrons. The first-order valence-corrected chi connectivity index (χ1v) is 9.85. The molecule has 0 saturated heterocycles. The minimum absolute atomic E-state index is 0.165. The number of aryl methyl sites for hydroxylation is 1. The van der Waals surface area contributed by atoms with E-state index in [-0.39, 0.29) is 29.8 Å². The van der Waals surface area contributed by atoms with Gasteiger partial charge in [-0.1, -0.05) is 26.0 Å². The maximum atomic E-state index is 12.5. The molecule has 0 aliphatic heterocycles. The van der Waals surface area contributed by atoms with Crippen LogP contribution in [0.4, 0.5) is 5.82 Å². The molecule has 0 atom stereocenters. The molecule has 1 N–H and O–H groups in total. The standard InChI is InChI=1S/C22H26N4O4/c1-6-30-22(28)16-12-23-26(21(16)25-19(27)10-13(2)3)18-11-14(4)15-8-7-9-17(29-5)20(15)24-18/h7-9,11-13H,6,10H2,1-5H3,(H,25,27). The Balaban J connectivity index is 2.15. The molecule has 3 rings (SSSR count). The van der Waals surface area contributed by atoms with Crippen molar-refractivity contribution in [3.8, 4) is 11.6 Å². The maximum Gasteiger partial charge on any atom is 0.343 e. The van der Waals surface area contributed by atoms with E-state index < -0.39 is 5.97 Å². The molecule has 1 aromatic carbocycles. The van der Waals surface area contributed by atoms with Gasteiger partial charge >= 0.3 is 5.97 Å². The summed E-state index contributed by atoms with van der Waals surface area (Å²) >= 11 is 0. The third-order valence-electron chi connectivity index (χ3n) is 4.55. The Bertz CT molecular complexity index is 1090. The molecule has 0 unspecified atom stereocenters. The van der Waals surface area contributed by atoms with E-state index in [2.05, 4.69) is 10.4 Å². The van der Waals surface area contributed by atoms with E-state index in [1.54, 1.807) is 14.0 Å². The van der Waals surface area contributed by atoms with E-state index in [9.17, 15) is 9.59 Å². The van der Waals surface area contributed by atoms with Gasteiger partial charge in [0.1, 0.15) is 16.8 Å². The number of esters is 1. The fourth-order valence-electron chi connectivity index (χ4n) is 3.20. The van der Waals surface area contributed by atoms with Crippen LogP contribution in [0.15, 0.2) is 30.5 Å². The fourth-order valence-corrected chi connectivity index (χ4v) is 3.20. The third kappa shape index (κ3) is 4.27. The van der Waals surface area contributed by atoms with E-state index in [1.165, 1.54) is 10.9 Å². The van der Waals surface area contributed by atoms with Crippen LogP contribution < -0.4 is 10.1 Å². The lowest BCUT2D eigenvalue weighted by Crippen LogP contribution is -2.19. The lowest BCUT2D eigenvalue weighted by atomic mass is 10.1. The van der Waals surface area contributed by atoms with Crippen LogP contribution in [0.25, 0.3) is 16.7 Å². The lowest BCUT2D eigenvalue weighted by molar-refractivity contribution is -0.116. The molecule has 0 bridgehead atoms. The van der Waals surface area contributed by atoms with E-state index in [1.807, 2.05) is 45.0 Å². The lowest BCUT2D eigenvalue weighted by Gasteiger charge is -2.13. The van der Waals surface area contributed by atoms with Gasteiger partial charge in [0.2, 0.25) is 5.91 Å². The number of pyridine rings is 1. The summed E-state index contributed by atoms with van der Waals surface area (Å²) in [5.41, 5.74) is 1.80. The van der Waals surface area contributed by atoms with Crippen molar-refractivity contribution in [1.29, 1.82) is 0 Å². The van der Waals surface area contributed by atoms with Crippen molar-refractivity contribution in [3.63, 3.8) is 0 Å². The smallest absolute Gasteiger partial charge is 0.343 e. The van der Waals surface area contributed by atoms with Crippen molar-refractivity contribution in [1.82, 2.24) is 14.8 Å². The number of aromatic nitrogens is 3. The second kappa shape index (κ2) is 8.94. The number of methoxy groups -OCH3 is 1. The number of anilines is 1. The van der Waals surface area contributed by atoms with Crippen LogP contribution in [-0.4, -0.2) is 40.4 Å². The Morgan fingerprint density at radius 1 is 1.27 bits per heavy atom. The molecule has 3 aromatic rings. The molecule has 0 spiro atoms. The SMILES string of the molecule is CCOC(=O)c1cnn(-c2cc(C)c3cccc(OC)c3n2)c1NC(=O)CC(C)C. The number of rotatable bonds is 7. The summed E-state index contributed by atoms with van der Waals surface area (Å²) in [5, 5.41) is 8.08. The number of carbonyl (C=O) groups excluding carboxylic acids is 2. The highest BCUT2D eigenvalue weighted by atomic mass is 16.5. The van der Waals surface area contributed by atoms with Gasteiger partial charge in [0.25, 0.3) is 0 Å². The Morgan fingerprint density at radius 3 is 2.70 bits per heavy atom. The van der Waals surface area contributed by atoms with Crippen molar-refractivity contribution in [2.75, 3.05) is 19.0 Å². The van der Waals surface area contributed by atoms with Crippen LogP contribution in [0.5, 0.6) is 5.75 Å². The van der Waals surface area contributed by atoms with Crippen LogP contribution >= 0.6 is 0 Å². The number of nitrogens with zero attached hydrogens (tertiary/aromatic N) is 3. The first-order chi connectivity index (χ1) is 14.3. The molecule has 2 aromatic heterocycles. The minimum Gasteiger partial charge on any atom is -0.494 e. The fraction of sp³-hybridized carbons (Fsp3) is 0.364. The summed E-state index contributed by atoms with van der Waals surface area (Å²) in [7, 11) is 1.59. The second-order valence-electron chi connectivity index (χ2n) is 7.34. The number of amides is 1. The van der Waals surface area contributed by atoms with E-state index >= 15 is 0 Å². The zero-order valence-corrected chi connectivity index (χ0v) is 17.9. The van der Waals surface area contributed by atoms with E-state index in [4.69, 9.17) is 14.5 Å². The molecular formula is C22H26N4O4. The quantitative estimate of drug-likeness (QED) is 0.594. The van der Waals surface area contributed by atoms with Gasteiger partial charge in [-0.25, -0.2) is 9.78 Å². The molecule has 8 nitrogen and oxygen atoms in total. The normalized spacial score (nSPS) is 11.0.